The average molecular weight is 497 g/mol. The van der Waals surface area contributed by atoms with Gasteiger partial charge in [-0.15, -0.1) is 11.3 Å². The lowest BCUT2D eigenvalue weighted by atomic mass is 10.0. The zero-order chi connectivity index (χ0) is 24.9. The van der Waals surface area contributed by atoms with Gasteiger partial charge in [-0.3, -0.25) is 4.98 Å². The molecular formula is C29H28N4O2S. The summed E-state index contributed by atoms with van der Waals surface area (Å²) in [6.07, 6.45) is 5.54. The first kappa shape index (κ1) is 23.8. The first-order valence-electron chi connectivity index (χ1n) is 11.9. The maximum Gasteiger partial charge on any atom is 0.162 e. The quantitative estimate of drug-likeness (QED) is 0.227. The molecule has 3 aromatic heterocycles. The fourth-order valence-electron chi connectivity index (χ4n) is 4.31. The SMILES string of the molecule is COc1ccc(OC)c(-c2c(C)sc3c(NCCCc4ccccc4)nc(-c4ccncc4)nc23)c1. The van der Waals surface area contributed by atoms with Crippen molar-refractivity contribution in [3.05, 3.63) is 83.5 Å². The first-order valence-corrected chi connectivity index (χ1v) is 12.7. The second-order valence-electron chi connectivity index (χ2n) is 8.42. The van der Waals surface area contributed by atoms with E-state index < -0.39 is 0 Å². The molecule has 0 saturated carbocycles. The third-order valence-corrected chi connectivity index (χ3v) is 7.20. The van der Waals surface area contributed by atoms with Crippen molar-refractivity contribution < 1.29 is 9.47 Å². The fraction of sp³-hybridized carbons (Fsp3) is 0.207. The minimum atomic E-state index is 0.663. The lowest BCUT2D eigenvalue weighted by Crippen LogP contribution is -2.06. The predicted molar refractivity (Wildman–Crippen MR) is 147 cm³/mol. The molecule has 0 atom stereocenters. The second kappa shape index (κ2) is 10.7. The van der Waals surface area contributed by atoms with Crippen LogP contribution in [0.4, 0.5) is 5.82 Å². The summed E-state index contributed by atoms with van der Waals surface area (Å²) >= 11 is 1.69. The van der Waals surface area contributed by atoms with E-state index in [1.807, 2.05) is 36.4 Å². The number of nitrogens with zero attached hydrogens (tertiary/aromatic N) is 3. The van der Waals surface area contributed by atoms with Crippen LogP contribution in [0.15, 0.2) is 73.1 Å². The molecule has 1 N–H and O–H groups in total. The number of hydrogen-bond acceptors (Lipinski definition) is 7. The molecule has 0 amide bonds. The number of ether oxygens (including phenoxy) is 2. The number of benzene rings is 2. The predicted octanol–water partition coefficient (Wildman–Crippen LogP) is 6.79. The highest BCUT2D eigenvalue weighted by Gasteiger charge is 2.21. The van der Waals surface area contributed by atoms with Crippen LogP contribution in [-0.4, -0.2) is 35.7 Å². The van der Waals surface area contributed by atoms with Crippen LogP contribution in [0.3, 0.4) is 0 Å². The van der Waals surface area contributed by atoms with E-state index in [9.17, 15) is 0 Å². The Morgan fingerprint density at radius 1 is 0.917 bits per heavy atom. The molecule has 0 bridgehead atoms. The molecule has 0 aliphatic heterocycles. The van der Waals surface area contributed by atoms with Crippen LogP contribution >= 0.6 is 11.3 Å². The summed E-state index contributed by atoms with van der Waals surface area (Å²) in [6.45, 7) is 2.93. The standard InChI is InChI=1S/C29H28N4O2S/c1-19-25(23-18-22(34-2)11-12-24(23)35-3)26-27(36-19)29(31-15-7-10-20-8-5-4-6-9-20)33-28(32-26)21-13-16-30-17-14-21/h4-6,8-9,11-14,16-18H,7,10,15H2,1-3H3,(H,31,32,33). The normalized spacial score (nSPS) is 11.0. The van der Waals surface area contributed by atoms with E-state index in [-0.39, 0.29) is 0 Å². The lowest BCUT2D eigenvalue weighted by Gasteiger charge is -2.12. The van der Waals surface area contributed by atoms with Crippen LogP contribution in [0.1, 0.15) is 16.9 Å². The Morgan fingerprint density at radius 3 is 2.47 bits per heavy atom. The van der Waals surface area contributed by atoms with Gasteiger partial charge in [0.2, 0.25) is 0 Å². The first-order chi connectivity index (χ1) is 17.7. The van der Waals surface area contributed by atoms with E-state index in [0.29, 0.717) is 5.82 Å². The zero-order valence-electron chi connectivity index (χ0n) is 20.6. The Hall–Kier alpha value is -3.97. The highest BCUT2D eigenvalue weighted by Crippen LogP contribution is 2.45. The summed E-state index contributed by atoms with van der Waals surface area (Å²) in [5, 5.41) is 3.60. The average Bonchev–Trinajstić information content (AvgIpc) is 3.27. The van der Waals surface area contributed by atoms with Crippen molar-refractivity contribution in [1.82, 2.24) is 15.0 Å². The van der Waals surface area contributed by atoms with Gasteiger partial charge in [0.1, 0.15) is 17.3 Å². The molecule has 6 nitrogen and oxygen atoms in total. The maximum atomic E-state index is 5.72. The van der Waals surface area contributed by atoms with Gasteiger partial charge in [-0.2, -0.15) is 0 Å². The highest BCUT2D eigenvalue weighted by atomic mass is 32.1. The number of aryl methyl sites for hydroxylation is 2. The Morgan fingerprint density at radius 2 is 1.72 bits per heavy atom. The number of methoxy groups -OCH3 is 2. The van der Waals surface area contributed by atoms with Crippen LogP contribution < -0.4 is 14.8 Å². The molecule has 0 radical (unpaired) electrons. The van der Waals surface area contributed by atoms with Crippen molar-refractivity contribution in [2.75, 3.05) is 26.1 Å². The lowest BCUT2D eigenvalue weighted by molar-refractivity contribution is 0.404. The molecule has 3 heterocycles. The molecule has 0 spiro atoms. The van der Waals surface area contributed by atoms with Gasteiger partial charge in [-0.05, 0) is 55.7 Å². The highest BCUT2D eigenvalue weighted by molar-refractivity contribution is 7.20. The Balaban J connectivity index is 1.58. The summed E-state index contributed by atoms with van der Waals surface area (Å²) in [6, 6.07) is 20.3. The number of anilines is 1. The summed E-state index contributed by atoms with van der Waals surface area (Å²) in [5.41, 5.74) is 5.15. The molecule has 5 rings (SSSR count). The molecule has 7 heteroatoms. The molecule has 182 valence electrons. The van der Waals surface area contributed by atoms with Gasteiger partial charge in [0.05, 0.1) is 24.4 Å². The Kier molecular flexibility index (Phi) is 7.09. The molecule has 0 fully saturated rings. The number of fused-ring (bicyclic) bond motifs is 1. The number of hydrogen-bond donors (Lipinski definition) is 1. The van der Waals surface area contributed by atoms with Crippen LogP contribution in [0.25, 0.3) is 32.7 Å². The van der Waals surface area contributed by atoms with Gasteiger partial charge >= 0.3 is 0 Å². The second-order valence-corrected chi connectivity index (χ2v) is 9.65. The monoisotopic (exact) mass is 496 g/mol. The number of thiophene rings is 1. The van der Waals surface area contributed by atoms with E-state index in [4.69, 9.17) is 19.4 Å². The van der Waals surface area contributed by atoms with Gasteiger partial charge in [0, 0.05) is 40.5 Å². The fourth-order valence-corrected chi connectivity index (χ4v) is 5.38. The molecule has 2 aromatic carbocycles. The van der Waals surface area contributed by atoms with E-state index in [2.05, 4.69) is 41.5 Å². The largest absolute Gasteiger partial charge is 0.497 e. The van der Waals surface area contributed by atoms with E-state index in [0.717, 1.165) is 68.5 Å². The van der Waals surface area contributed by atoms with Gasteiger partial charge in [0.15, 0.2) is 5.82 Å². The minimum absolute atomic E-state index is 0.663. The molecule has 0 aliphatic carbocycles. The third kappa shape index (κ3) is 4.88. The Bertz CT molecular complexity index is 1470. The molecule has 0 saturated heterocycles. The van der Waals surface area contributed by atoms with E-state index in [1.165, 1.54) is 5.56 Å². The van der Waals surface area contributed by atoms with Crippen molar-refractivity contribution in [2.24, 2.45) is 0 Å². The van der Waals surface area contributed by atoms with Crippen LogP contribution in [0.5, 0.6) is 11.5 Å². The maximum absolute atomic E-state index is 5.72. The van der Waals surface area contributed by atoms with E-state index >= 15 is 0 Å². The smallest absolute Gasteiger partial charge is 0.162 e. The van der Waals surface area contributed by atoms with Crippen LogP contribution in [-0.2, 0) is 6.42 Å². The molecule has 0 aliphatic rings. The summed E-state index contributed by atoms with van der Waals surface area (Å²) < 4.78 is 12.3. The van der Waals surface area contributed by atoms with Crippen LogP contribution in [0, 0.1) is 6.92 Å². The number of nitrogens with one attached hydrogen (secondary N) is 1. The summed E-state index contributed by atoms with van der Waals surface area (Å²) in [5.74, 6) is 3.06. The molecule has 5 aromatic rings. The van der Waals surface area contributed by atoms with Gasteiger partial charge in [0.25, 0.3) is 0 Å². The van der Waals surface area contributed by atoms with Crippen molar-refractivity contribution in [1.29, 1.82) is 0 Å². The molecular weight excluding hydrogens is 468 g/mol. The van der Waals surface area contributed by atoms with Crippen molar-refractivity contribution in [3.63, 3.8) is 0 Å². The van der Waals surface area contributed by atoms with Gasteiger partial charge < -0.3 is 14.8 Å². The van der Waals surface area contributed by atoms with Gasteiger partial charge in [-0.1, -0.05) is 30.3 Å². The third-order valence-electron chi connectivity index (χ3n) is 6.10. The summed E-state index contributed by atoms with van der Waals surface area (Å²) in [4.78, 5) is 15.3. The van der Waals surface area contributed by atoms with Crippen molar-refractivity contribution >= 4 is 27.4 Å². The van der Waals surface area contributed by atoms with Crippen molar-refractivity contribution in [3.8, 4) is 34.0 Å². The minimum Gasteiger partial charge on any atom is -0.497 e. The van der Waals surface area contributed by atoms with Crippen molar-refractivity contribution in [2.45, 2.75) is 19.8 Å². The summed E-state index contributed by atoms with van der Waals surface area (Å²) in [7, 11) is 3.36. The molecule has 36 heavy (non-hydrogen) atoms. The topological polar surface area (TPSA) is 69.2 Å². The number of aromatic nitrogens is 3. The van der Waals surface area contributed by atoms with Gasteiger partial charge in [-0.25, -0.2) is 9.97 Å². The number of rotatable bonds is 9. The Labute approximate surface area is 215 Å². The molecule has 0 unspecified atom stereocenters. The zero-order valence-corrected chi connectivity index (χ0v) is 21.4. The number of pyridine rings is 1. The van der Waals surface area contributed by atoms with Crippen LogP contribution in [0.2, 0.25) is 0 Å². The van der Waals surface area contributed by atoms with E-state index in [1.54, 1.807) is 38.0 Å².